The van der Waals surface area contributed by atoms with Crippen molar-refractivity contribution in [1.82, 2.24) is 0 Å². The maximum absolute atomic E-state index is 12.5. The molecule has 0 atom stereocenters. The average Bonchev–Trinajstić information content (AvgIpc) is 2.74. The first-order valence-electron chi connectivity index (χ1n) is 9.68. The molecule has 6 nitrogen and oxygen atoms in total. The maximum Gasteiger partial charge on any atom is 0.262 e. The van der Waals surface area contributed by atoms with Crippen molar-refractivity contribution in [2.24, 2.45) is 0 Å². The van der Waals surface area contributed by atoms with Gasteiger partial charge in [-0.2, -0.15) is 0 Å². The zero-order valence-corrected chi connectivity index (χ0v) is 19.6. The number of halogens is 1. The van der Waals surface area contributed by atoms with E-state index in [1.165, 1.54) is 24.3 Å². The number of nitrogens with one attached hydrogen (secondary N) is 2. The van der Waals surface area contributed by atoms with Gasteiger partial charge in [-0.3, -0.25) is 9.52 Å². The topological polar surface area (TPSA) is 84.5 Å². The molecule has 0 saturated heterocycles. The Morgan fingerprint density at radius 1 is 1.03 bits per heavy atom. The van der Waals surface area contributed by atoms with Gasteiger partial charge in [-0.05, 0) is 73.0 Å². The van der Waals surface area contributed by atoms with Crippen molar-refractivity contribution in [3.8, 4) is 5.75 Å². The minimum absolute atomic E-state index is 0.103. The monoisotopic (exact) mass is 502 g/mol. The second-order valence-electron chi connectivity index (χ2n) is 6.89. The van der Waals surface area contributed by atoms with Crippen molar-refractivity contribution in [3.05, 3.63) is 82.3 Å². The van der Waals surface area contributed by atoms with Crippen LogP contribution in [-0.2, 0) is 21.2 Å². The van der Waals surface area contributed by atoms with Crippen molar-refractivity contribution in [2.75, 3.05) is 16.6 Å². The fraction of sp³-hybridized carbons (Fsp3) is 0.174. The molecule has 0 saturated carbocycles. The molecular weight excluding hydrogens is 480 g/mol. The van der Waals surface area contributed by atoms with Gasteiger partial charge in [0.05, 0.1) is 4.90 Å². The predicted molar refractivity (Wildman–Crippen MR) is 126 cm³/mol. The summed E-state index contributed by atoms with van der Waals surface area (Å²) in [5.41, 5.74) is 3.25. The SMILES string of the molecule is CCc1cc(Br)cc(C)c1NC(=O)COc1ccc(S(=O)(=O)Nc2ccccc2)cc1. The molecule has 162 valence electrons. The van der Waals surface area contributed by atoms with Crippen molar-refractivity contribution in [1.29, 1.82) is 0 Å². The van der Waals surface area contributed by atoms with Crippen molar-refractivity contribution < 1.29 is 17.9 Å². The number of hydrogen-bond acceptors (Lipinski definition) is 4. The van der Waals surface area contributed by atoms with Gasteiger partial charge in [0.1, 0.15) is 5.75 Å². The smallest absolute Gasteiger partial charge is 0.262 e. The zero-order valence-electron chi connectivity index (χ0n) is 17.2. The normalized spacial score (nSPS) is 11.1. The minimum Gasteiger partial charge on any atom is -0.484 e. The van der Waals surface area contributed by atoms with Gasteiger partial charge in [0, 0.05) is 15.8 Å². The number of rotatable bonds is 8. The quantitative estimate of drug-likeness (QED) is 0.446. The van der Waals surface area contributed by atoms with Crippen LogP contribution in [0.5, 0.6) is 5.75 Å². The van der Waals surface area contributed by atoms with E-state index < -0.39 is 10.0 Å². The van der Waals surface area contributed by atoms with Gasteiger partial charge in [-0.15, -0.1) is 0 Å². The van der Waals surface area contributed by atoms with Crippen molar-refractivity contribution in [2.45, 2.75) is 25.2 Å². The summed E-state index contributed by atoms with van der Waals surface area (Å²) < 4.78 is 34.0. The molecule has 0 aliphatic carbocycles. The van der Waals surface area contributed by atoms with Crippen LogP contribution in [0.3, 0.4) is 0 Å². The van der Waals surface area contributed by atoms with E-state index in [9.17, 15) is 13.2 Å². The highest BCUT2D eigenvalue weighted by Gasteiger charge is 2.15. The summed E-state index contributed by atoms with van der Waals surface area (Å²) in [4.78, 5) is 12.5. The van der Waals surface area contributed by atoms with Crippen LogP contribution in [0.1, 0.15) is 18.1 Å². The summed E-state index contributed by atoms with van der Waals surface area (Å²) in [6.45, 7) is 3.77. The summed E-state index contributed by atoms with van der Waals surface area (Å²) in [5, 5.41) is 2.90. The number of para-hydroxylation sites is 1. The second kappa shape index (κ2) is 9.98. The van der Waals surface area contributed by atoms with Crippen LogP contribution in [-0.4, -0.2) is 20.9 Å². The number of carbonyl (C=O) groups excluding carboxylic acids is 1. The molecule has 0 aliphatic rings. The summed E-state index contributed by atoms with van der Waals surface area (Å²) in [5.74, 6) is 0.111. The molecule has 2 N–H and O–H groups in total. The molecule has 0 aromatic heterocycles. The predicted octanol–water partition coefficient (Wildman–Crippen LogP) is 5.14. The third-order valence-electron chi connectivity index (χ3n) is 4.56. The number of carbonyl (C=O) groups is 1. The lowest BCUT2D eigenvalue weighted by molar-refractivity contribution is -0.118. The van der Waals surface area contributed by atoms with Crippen molar-refractivity contribution >= 4 is 43.2 Å². The van der Waals surface area contributed by atoms with Gasteiger partial charge in [0.2, 0.25) is 0 Å². The molecule has 0 radical (unpaired) electrons. The Balaban J connectivity index is 1.61. The molecule has 0 heterocycles. The number of amides is 1. The molecule has 0 bridgehead atoms. The number of benzene rings is 3. The van der Waals surface area contributed by atoms with Gasteiger partial charge in [0.25, 0.3) is 15.9 Å². The van der Waals surface area contributed by atoms with Crippen LogP contribution >= 0.6 is 15.9 Å². The summed E-state index contributed by atoms with van der Waals surface area (Å²) >= 11 is 3.47. The first kappa shape index (κ1) is 22.8. The van der Waals surface area contributed by atoms with E-state index in [4.69, 9.17) is 4.74 Å². The highest BCUT2D eigenvalue weighted by atomic mass is 79.9. The number of ether oxygens (including phenoxy) is 1. The fourth-order valence-electron chi connectivity index (χ4n) is 3.03. The van der Waals surface area contributed by atoms with E-state index in [1.807, 2.05) is 26.0 Å². The fourth-order valence-corrected chi connectivity index (χ4v) is 4.71. The number of anilines is 2. The van der Waals surface area contributed by atoms with Gasteiger partial charge in [0.15, 0.2) is 6.61 Å². The molecule has 0 spiro atoms. The Hall–Kier alpha value is -2.84. The summed E-state index contributed by atoms with van der Waals surface area (Å²) in [6.07, 6.45) is 0.781. The molecule has 3 rings (SSSR count). The second-order valence-corrected chi connectivity index (χ2v) is 9.49. The summed E-state index contributed by atoms with van der Waals surface area (Å²) in [6, 6.07) is 18.5. The lowest BCUT2D eigenvalue weighted by Crippen LogP contribution is -2.21. The first-order chi connectivity index (χ1) is 14.8. The van der Waals surface area contributed by atoms with E-state index in [2.05, 4.69) is 26.0 Å². The van der Waals surface area contributed by atoms with Crippen LogP contribution in [0.2, 0.25) is 0 Å². The van der Waals surface area contributed by atoms with E-state index in [1.54, 1.807) is 30.3 Å². The number of aryl methyl sites for hydroxylation is 2. The lowest BCUT2D eigenvalue weighted by atomic mass is 10.1. The zero-order chi connectivity index (χ0) is 22.4. The Morgan fingerprint density at radius 3 is 2.35 bits per heavy atom. The molecule has 0 aliphatic heterocycles. The highest BCUT2D eigenvalue weighted by molar-refractivity contribution is 9.10. The molecule has 1 amide bonds. The molecule has 31 heavy (non-hydrogen) atoms. The summed E-state index contributed by atoms with van der Waals surface area (Å²) in [7, 11) is -3.71. The van der Waals surface area contributed by atoms with Gasteiger partial charge < -0.3 is 10.1 Å². The third-order valence-corrected chi connectivity index (χ3v) is 6.41. The highest BCUT2D eigenvalue weighted by Crippen LogP contribution is 2.26. The van der Waals surface area contributed by atoms with Crippen LogP contribution in [0.25, 0.3) is 0 Å². The standard InChI is InChI=1S/C23H23BrN2O4S/c1-3-17-14-18(24)13-16(2)23(17)25-22(27)15-30-20-9-11-21(12-10-20)31(28,29)26-19-7-5-4-6-8-19/h4-14,26H,3,15H2,1-2H3,(H,25,27). The number of sulfonamides is 1. The van der Waals surface area contributed by atoms with E-state index >= 15 is 0 Å². The van der Waals surface area contributed by atoms with Gasteiger partial charge >= 0.3 is 0 Å². The molecule has 8 heteroatoms. The van der Waals surface area contributed by atoms with E-state index in [0.29, 0.717) is 11.4 Å². The van der Waals surface area contributed by atoms with Crippen LogP contribution in [0.4, 0.5) is 11.4 Å². The Morgan fingerprint density at radius 2 is 1.71 bits per heavy atom. The molecule has 3 aromatic carbocycles. The van der Waals surface area contributed by atoms with Crippen LogP contribution in [0, 0.1) is 6.92 Å². The Bertz CT molecular complexity index is 1160. The average molecular weight is 503 g/mol. The molecular formula is C23H23BrN2O4S. The van der Waals surface area contributed by atoms with Gasteiger partial charge in [-0.25, -0.2) is 8.42 Å². The first-order valence-corrected chi connectivity index (χ1v) is 12.0. The Labute approximate surface area is 190 Å². The van der Waals surface area contributed by atoms with Crippen LogP contribution in [0.15, 0.2) is 76.1 Å². The van der Waals surface area contributed by atoms with E-state index in [-0.39, 0.29) is 17.4 Å². The Kier molecular flexibility index (Phi) is 7.35. The molecule has 0 unspecified atom stereocenters. The molecule has 3 aromatic rings. The molecule has 0 fully saturated rings. The van der Waals surface area contributed by atoms with Crippen LogP contribution < -0.4 is 14.8 Å². The third kappa shape index (κ3) is 6.08. The lowest BCUT2D eigenvalue weighted by Gasteiger charge is -2.14. The van der Waals surface area contributed by atoms with E-state index in [0.717, 1.165) is 27.7 Å². The van der Waals surface area contributed by atoms with Crippen molar-refractivity contribution in [3.63, 3.8) is 0 Å². The largest absolute Gasteiger partial charge is 0.484 e. The van der Waals surface area contributed by atoms with Gasteiger partial charge in [-0.1, -0.05) is 41.1 Å². The maximum atomic E-state index is 12.5. The number of hydrogen-bond donors (Lipinski definition) is 2. The minimum atomic E-state index is -3.71.